The van der Waals surface area contributed by atoms with Crippen LogP contribution in [0.1, 0.15) is 36.8 Å². The molecule has 2 N–H and O–H groups in total. The Labute approximate surface area is 91.3 Å². The Morgan fingerprint density at radius 2 is 2.27 bits per heavy atom. The van der Waals surface area contributed by atoms with E-state index in [9.17, 15) is 5.11 Å². The fraction of sp³-hybridized carbons (Fsp3) is 0.538. The molecule has 1 aromatic rings. The predicted molar refractivity (Wildman–Crippen MR) is 62.3 cm³/mol. The van der Waals surface area contributed by atoms with E-state index in [2.05, 4.69) is 18.3 Å². The van der Waals surface area contributed by atoms with Crippen LogP contribution in [0.4, 0.5) is 0 Å². The van der Waals surface area contributed by atoms with Gasteiger partial charge in [-0.3, -0.25) is 0 Å². The van der Waals surface area contributed by atoms with Gasteiger partial charge in [0.1, 0.15) is 5.75 Å². The Morgan fingerprint density at radius 3 is 3.00 bits per heavy atom. The average molecular weight is 205 g/mol. The van der Waals surface area contributed by atoms with Crippen molar-refractivity contribution in [3.63, 3.8) is 0 Å². The van der Waals surface area contributed by atoms with E-state index in [-0.39, 0.29) is 0 Å². The first-order valence-corrected chi connectivity index (χ1v) is 5.71. The Bertz CT molecular complexity index is 348. The lowest BCUT2D eigenvalue weighted by Crippen LogP contribution is -2.31. The zero-order chi connectivity index (χ0) is 10.8. The molecular formula is C13H19NO. The number of aryl methyl sites for hydroxylation is 1. The van der Waals surface area contributed by atoms with Crippen LogP contribution in [0.15, 0.2) is 18.2 Å². The zero-order valence-corrected chi connectivity index (χ0v) is 9.46. The van der Waals surface area contributed by atoms with Crippen molar-refractivity contribution in [3.05, 3.63) is 29.3 Å². The number of likely N-dealkylation sites (N-methyl/N-ethyl adjacent to an activating group) is 1. The van der Waals surface area contributed by atoms with E-state index in [0.29, 0.717) is 17.7 Å². The molecule has 0 spiro atoms. The lowest BCUT2D eigenvalue weighted by atomic mass is 9.79. The molecule has 0 fully saturated rings. The van der Waals surface area contributed by atoms with Crippen molar-refractivity contribution in [2.24, 2.45) is 0 Å². The molecule has 15 heavy (non-hydrogen) atoms. The average Bonchev–Trinajstić information content (AvgIpc) is 2.27. The van der Waals surface area contributed by atoms with Gasteiger partial charge in [-0.2, -0.15) is 0 Å². The molecule has 1 aliphatic rings. The standard InChI is InChI=1S/C13H19NO/c1-9(14-2)12-5-3-4-10-6-7-11(15)8-13(10)12/h6-9,12,14-15H,3-5H2,1-2H3. The molecule has 0 aromatic heterocycles. The molecule has 0 heterocycles. The minimum atomic E-state index is 0.393. The lowest BCUT2D eigenvalue weighted by Gasteiger charge is -2.30. The van der Waals surface area contributed by atoms with E-state index in [0.717, 1.165) is 6.42 Å². The van der Waals surface area contributed by atoms with Crippen molar-refractivity contribution in [2.75, 3.05) is 7.05 Å². The highest BCUT2D eigenvalue weighted by molar-refractivity contribution is 5.39. The van der Waals surface area contributed by atoms with Crippen molar-refractivity contribution in [2.45, 2.75) is 38.1 Å². The van der Waals surface area contributed by atoms with Gasteiger partial charge in [-0.05, 0) is 62.4 Å². The van der Waals surface area contributed by atoms with Crippen LogP contribution < -0.4 is 5.32 Å². The van der Waals surface area contributed by atoms with Gasteiger partial charge in [0.25, 0.3) is 0 Å². The summed E-state index contributed by atoms with van der Waals surface area (Å²) in [5.74, 6) is 0.940. The van der Waals surface area contributed by atoms with Crippen LogP contribution in [0, 0.1) is 0 Å². The van der Waals surface area contributed by atoms with Crippen LogP contribution in [-0.2, 0) is 6.42 Å². The van der Waals surface area contributed by atoms with E-state index < -0.39 is 0 Å². The normalized spacial score (nSPS) is 22.1. The number of fused-ring (bicyclic) bond motifs is 1. The van der Waals surface area contributed by atoms with E-state index in [1.54, 1.807) is 6.07 Å². The molecule has 2 nitrogen and oxygen atoms in total. The number of phenols is 1. The summed E-state index contributed by atoms with van der Waals surface area (Å²) >= 11 is 0. The highest BCUT2D eigenvalue weighted by atomic mass is 16.3. The molecule has 0 amide bonds. The first-order valence-electron chi connectivity index (χ1n) is 5.71. The van der Waals surface area contributed by atoms with Crippen LogP contribution in [0.3, 0.4) is 0 Å². The van der Waals surface area contributed by atoms with Gasteiger partial charge < -0.3 is 10.4 Å². The van der Waals surface area contributed by atoms with Gasteiger partial charge in [-0.15, -0.1) is 0 Å². The summed E-state index contributed by atoms with van der Waals surface area (Å²) in [4.78, 5) is 0. The minimum Gasteiger partial charge on any atom is -0.508 e. The largest absolute Gasteiger partial charge is 0.508 e. The Hall–Kier alpha value is -1.02. The maximum absolute atomic E-state index is 9.54. The third-order valence-corrected chi connectivity index (χ3v) is 3.55. The highest BCUT2D eigenvalue weighted by Gasteiger charge is 2.24. The van der Waals surface area contributed by atoms with E-state index in [4.69, 9.17) is 0 Å². The fourth-order valence-electron chi connectivity index (χ4n) is 2.54. The number of rotatable bonds is 2. The summed E-state index contributed by atoms with van der Waals surface area (Å²) in [6.07, 6.45) is 3.63. The quantitative estimate of drug-likeness (QED) is 0.777. The summed E-state index contributed by atoms with van der Waals surface area (Å²) in [5, 5.41) is 12.9. The number of aromatic hydroxyl groups is 1. The molecule has 2 unspecified atom stereocenters. The van der Waals surface area contributed by atoms with Gasteiger partial charge in [-0.1, -0.05) is 6.07 Å². The topological polar surface area (TPSA) is 32.3 Å². The Morgan fingerprint density at radius 1 is 1.47 bits per heavy atom. The van der Waals surface area contributed by atoms with Crippen molar-refractivity contribution < 1.29 is 5.11 Å². The van der Waals surface area contributed by atoms with Crippen molar-refractivity contribution in [3.8, 4) is 5.75 Å². The molecule has 1 aliphatic carbocycles. The summed E-state index contributed by atoms with van der Waals surface area (Å²) in [7, 11) is 2.00. The fourth-order valence-corrected chi connectivity index (χ4v) is 2.54. The van der Waals surface area contributed by atoms with E-state index >= 15 is 0 Å². The second-order valence-electron chi connectivity index (χ2n) is 4.46. The Kier molecular flexibility index (Phi) is 2.96. The molecule has 2 rings (SSSR count). The van der Waals surface area contributed by atoms with Crippen LogP contribution in [0.2, 0.25) is 0 Å². The van der Waals surface area contributed by atoms with Crippen molar-refractivity contribution in [1.29, 1.82) is 0 Å². The van der Waals surface area contributed by atoms with Gasteiger partial charge in [-0.25, -0.2) is 0 Å². The summed E-state index contributed by atoms with van der Waals surface area (Å²) in [5.41, 5.74) is 2.74. The number of nitrogens with one attached hydrogen (secondary N) is 1. The number of benzene rings is 1. The number of hydrogen-bond acceptors (Lipinski definition) is 2. The van der Waals surface area contributed by atoms with Crippen LogP contribution in [0.25, 0.3) is 0 Å². The van der Waals surface area contributed by atoms with Gasteiger partial charge in [0, 0.05) is 6.04 Å². The third kappa shape index (κ3) is 2.00. The first-order chi connectivity index (χ1) is 7.22. The van der Waals surface area contributed by atoms with Crippen LogP contribution in [0.5, 0.6) is 5.75 Å². The summed E-state index contributed by atoms with van der Waals surface area (Å²) in [6, 6.07) is 6.28. The second kappa shape index (κ2) is 4.23. The second-order valence-corrected chi connectivity index (χ2v) is 4.46. The van der Waals surface area contributed by atoms with Gasteiger partial charge in [0.05, 0.1) is 0 Å². The SMILES string of the molecule is CNC(C)C1CCCc2ccc(O)cc21. The molecule has 0 saturated carbocycles. The monoisotopic (exact) mass is 205 g/mol. The summed E-state index contributed by atoms with van der Waals surface area (Å²) in [6.45, 7) is 2.21. The maximum Gasteiger partial charge on any atom is 0.115 e. The minimum absolute atomic E-state index is 0.393. The molecule has 1 aromatic carbocycles. The summed E-state index contributed by atoms with van der Waals surface area (Å²) < 4.78 is 0. The highest BCUT2D eigenvalue weighted by Crippen LogP contribution is 2.35. The molecule has 0 saturated heterocycles. The smallest absolute Gasteiger partial charge is 0.115 e. The van der Waals surface area contributed by atoms with E-state index in [1.165, 1.54) is 24.0 Å². The Balaban J connectivity index is 2.36. The molecular weight excluding hydrogens is 186 g/mol. The van der Waals surface area contributed by atoms with Gasteiger partial charge in [0.2, 0.25) is 0 Å². The van der Waals surface area contributed by atoms with Crippen LogP contribution in [-0.4, -0.2) is 18.2 Å². The van der Waals surface area contributed by atoms with Gasteiger partial charge in [0.15, 0.2) is 0 Å². The molecule has 0 aliphatic heterocycles. The predicted octanol–water partition coefficient (Wildman–Crippen LogP) is 2.42. The number of phenolic OH excluding ortho intramolecular Hbond substituents is 1. The molecule has 82 valence electrons. The molecule has 2 heteroatoms. The van der Waals surface area contributed by atoms with Gasteiger partial charge >= 0.3 is 0 Å². The van der Waals surface area contributed by atoms with Crippen LogP contribution >= 0.6 is 0 Å². The van der Waals surface area contributed by atoms with Crippen molar-refractivity contribution >= 4 is 0 Å². The van der Waals surface area contributed by atoms with Crippen molar-refractivity contribution in [1.82, 2.24) is 5.32 Å². The molecule has 0 radical (unpaired) electrons. The van der Waals surface area contributed by atoms with E-state index in [1.807, 2.05) is 13.1 Å². The number of hydrogen-bond donors (Lipinski definition) is 2. The maximum atomic E-state index is 9.54. The third-order valence-electron chi connectivity index (χ3n) is 3.55. The lowest BCUT2D eigenvalue weighted by molar-refractivity contribution is 0.430. The zero-order valence-electron chi connectivity index (χ0n) is 9.46. The molecule has 0 bridgehead atoms. The molecule has 2 atom stereocenters. The first kappa shape index (κ1) is 10.5.